The van der Waals surface area contributed by atoms with Crippen LogP contribution in [0.1, 0.15) is 36.7 Å². The van der Waals surface area contributed by atoms with Crippen LogP contribution in [0.3, 0.4) is 0 Å². The monoisotopic (exact) mass is 243 g/mol. The zero-order valence-electron chi connectivity index (χ0n) is 11.2. The first-order valence-electron chi connectivity index (χ1n) is 5.94. The van der Waals surface area contributed by atoms with Gasteiger partial charge >= 0.3 is 0 Å². The summed E-state index contributed by atoms with van der Waals surface area (Å²) >= 11 is 0. The van der Waals surface area contributed by atoms with E-state index in [0.717, 1.165) is 10.9 Å². The fourth-order valence-corrected chi connectivity index (χ4v) is 2.06. The molecular weight excluding hydrogens is 226 g/mol. The van der Waals surface area contributed by atoms with Gasteiger partial charge in [0.1, 0.15) is 0 Å². The molecule has 0 N–H and O–H groups in total. The molecule has 1 aromatic heterocycles. The van der Waals surface area contributed by atoms with Gasteiger partial charge in [-0.15, -0.1) is 0 Å². The van der Waals surface area contributed by atoms with Crippen LogP contribution in [-0.2, 0) is 12.5 Å². The third-order valence-corrected chi connectivity index (χ3v) is 3.24. The summed E-state index contributed by atoms with van der Waals surface area (Å²) in [5, 5.41) is 0.923. The number of carbonyl (C=O) groups excluding carboxylic acids is 1. The van der Waals surface area contributed by atoms with Gasteiger partial charge in [0.15, 0.2) is 6.29 Å². The minimum Gasteiger partial charge on any atom is -0.311 e. The number of aromatic nitrogens is 1. The molecule has 0 unspecified atom stereocenters. The second-order valence-electron chi connectivity index (χ2n) is 5.61. The maximum Gasteiger partial charge on any atom is 0.261 e. The highest BCUT2D eigenvalue weighted by atomic mass is 16.1. The molecule has 3 nitrogen and oxygen atoms in total. The summed E-state index contributed by atoms with van der Waals surface area (Å²) in [5.74, 6) is 0. The molecule has 0 saturated heterocycles. The number of hydrogen-bond donors (Lipinski definition) is 0. The molecule has 0 spiro atoms. The van der Waals surface area contributed by atoms with Gasteiger partial charge in [-0.25, -0.2) is 0 Å². The van der Waals surface area contributed by atoms with Gasteiger partial charge in [-0.3, -0.25) is 9.59 Å². The first-order chi connectivity index (χ1) is 8.34. The van der Waals surface area contributed by atoms with Crippen molar-refractivity contribution < 1.29 is 4.79 Å². The lowest BCUT2D eigenvalue weighted by atomic mass is 9.86. The summed E-state index contributed by atoms with van der Waals surface area (Å²) < 4.78 is 1.52. The van der Waals surface area contributed by atoms with Crippen molar-refractivity contribution in [3.05, 3.63) is 45.7 Å². The number of carbonyl (C=O) groups is 1. The molecule has 0 aliphatic heterocycles. The van der Waals surface area contributed by atoms with Crippen molar-refractivity contribution in [2.45, 2.75) is 26.2 Å². The Hall–Kier alpha value is -1.90. The average molecular weight is 243 g/mol. The summed E-state index contributed by atoms with van der Waals surface area (Å²) in [6.07, 6.45) is 0.617. The number of benzene rings is 1. The molecule has 1 aromatic carbocycles. The van der Waals surface area contributed by atoms with E-state index in [9.17, 15) is 9.59 Å². The third kappa shape index (κ3) is 1.96. The van der Waals surface area contributed by atoms with Gasteiger partial charge in [-0.2, -0.15) is 0 Å². The van der Waals surface area contributed by atoms with Crippen molar-refractivity contribution in [3.63, 3.8) is 0 Å². The van der Waals surface area contributed by atoms with Crippen molar-refractivity contribution in [2.75, 3.05) is 0 Å². The normalized spacial score (nSPS) is 11.8. The first kappa shape index (κ1) is 12.6. The smallest absolute Gasteiger partial charge is 0.261 e. The molecule has 2 aromatic rings. The molecule has 0 fully saturated rings. The minimum atomic E-state index is -0.249. The summed E-state index contributed by atoms with van der Waals surface area (Å²) in [6.45, 7) is 6.41. The van der Waals surface area contributed by atoms with E-state index in [4.69, 9.17) is 0 Å². The van der Waals surface area contributed by atoms with Gasteiger partial charge in [0, 0.05) is 7.05 Å². The van der Waals surface area contributed by atoms with E-state index >= 15 is 0 Å². The van der Waals surface area contributed by atoms with Gasteiger partial charge in [0.2, 0.25) is 0 Å². The molecule has 0 aliphatic rings. The molecule has 0 atom stereocenters. The number of aryl methyl sites for hydroxylation is 1. The Labute approximate surface area is 106 Å². The topological polar surface area (TPSA) is 39.1 Å². The highest BCUT2D eigenvalue weighted by Crippen LogP contribution is 2.25. The van der Waals surface area contributed by atoms with Crippen LogP contribution in [0.25, 0.3) is 10.9 Å². The van der Waals surface area contributed by atoms with E-state index < -0.39 is 0 Å². The fourth-order valence-electron chi connectivity index (χ4n) is 2.06. The summed E-state index contributed by atoms with van der Waals surface area (Å²) in [6, 6.07) is 7.68. The predicted octanol–water partition coefficient (Wildman–Crippen LogP) is 2.65. The van der Waals surface area contributed by atoms with Crippen LogP contribution in [0.4, 0.5) is 0 Å². The van der Waals surface area contributed by atoms with Gasteiger partial charge in [0.05, 0.1) is 11.1 Å². The molecule has 3 heteroatoms. The average Bonchev–Trinajstić information content (AvgIpc) is 2.32. The van der Waals surface area contributed by atoms with Gasteiger partial charge in [-0.05, 0) is 34.6 Å². The number of fused-ring (bicyclic) bond motifs is 1. The van der Waals surface area contributed by atoms with Crippen LogP contribution in [0, 0.1) is 0 Å². The van der Waals surface area contributed by atoms with Crippen LogP contribution in [0.2, 0.25) is 0 Å². The SMILES string of the molecule is Cn1c(=O)c(C=O)cc2cc(C(C)(C)C)ccc21. The molecule has 1 heterocycles. The van der Waals surface area contributed by atoms with Crippen LogP contribution in [0.5, 0.6) is 0 Å². The number of pyridine rings is 1. The van der Waals surface area contributed by atoms with E-state index in [2.05, 4.69) is 20.8 Å². The van der Waals surface area contributed by atoms with Crippen LogP contribution in [0.15, 0.2) is 29.1 Å². The lowest BCUT2D eigenvalue weighted by Crippen LogP contribution is -2.21. The maximum absolute atomic E-state index is 11.8. The predicted molar refractivity (Wildman–Crippen MR) is 73.3 cm³/mol. The molecule has 0 radical (unpaired) electrons. The fraction of sp³-hybridized carbons (Fsp3) is 0.333. The van der Waals surface area contributed by atoms with Crippen molar-refractivity contribution >= 4 is 17.2 Å². The highest BCUT2D eigenvalue weighted by molar-refractivity contribution is 5.86. The van der Waals surface area contributed by atoms with E-state index in [1.807, 2.05) is 18.2 Å². The van der Waals surface area contributed by atoms with Crippen molar-refractivity contribution in [1.82, 2.24) is 4.57 Å². The zero-order valence-corrected chi connectivity index (χ0v) is 11.2. The molecule has 18 heavy (non-hydrogen) atoms. The number of aldehydes is 1. The Bertz CT molecular complexity index is 675. The van der Waals surface area contributed by atoms with Gasteiger partial charge in [0.25, 0.3) is 5.56 Å². The summed E-state index contributed by atoms with van der Waals surface area (Å²) in [7, 11) is 1.69. The molecule has 94 valence electrons. The first-order valence-corrected chi connectivity index (χ1v) is 5.94. The largest absolute Gasteiger partial charge is 0.311 e. The third-order valence-electron chi connectivity index (χ3n) is 3.24. The summed E-state index contributed by atoms with van der Waals surface area (Å²) in [5.41, 5.74) is 2.03. The zero-order chi connectivity index (χ0) is 13.5. The standard InChI is InChI=1S/C15H17NO2/c1-15(2,3)12-5-6-13-10(8-12)7-11(9-17)14(18)16(13)4/h5-9H,1-4H3. The molecule has 0 amide bonds. The second kappa shape index (κ2) is 4.09. The van der Waals surface area contributed by atoms with Gasteiger partial charge < -0.3 is 4.57 Å². The van der Waals surface area contributed by atoms with Crippen LogP contribution < -0.4 is 5.56 Å². The van der Waals surface area contributed by atoms with Crippen molar-refractivity contribution in [3.8, 4) is 0 Å². The van der Waals surface area contributed by atoms with E-state index in [0.29, 0.717) is 6.29 Å². The molecule has 0 bridgehead atoms. The summed E-state index contributed by atoms with van der Waals surface area (Å²) in [4.78, 5) is 22.7. The number of nitrogens with zero attached hydrogens (tertiary/aromatic N) is 1. The van der Waals surface area contributed by atoms with E-state index in [-0.39, 0.29) is 16.5 Å². The number of rotatable bonds is 1. The second-order valence-corrected chi connectivity index (χ2v) is 5.61. The Morgan fingerprint density at radius 3 is 2.39 bits per heavy atom. The van der Waals surface area contributed by atoms with Gasteiger partial charge in [-0.1, -0.05) is 26.8 Å². The molecular formula is C15H17NO2. The Morgan fingerprint density at radius 1 is 1.17 bits per heavy atom. The molecule has 0 aliphatic carbocycles. The molecule has 2 rings (SSSR count). The Kier molecular flexibility index (Phi) is 2.85. The lowest BCUT2D eigenvalue weighted by Gasteiger charge is -2.20. The van der Waals surface area contributed by atoms with E-state index in [1.165, 1.54) is 10.1 Å². The molecule has 0 saturated carbocycles. The quantitative estimate of drug-likeness (QED) is 0.722. The number of hydrogen-bond acceptors (Lipinski definition) is 2. The van der Waals surface area contributed by atoms with Crippen molar-refractivity contribution in [2.24, 2.45) is 7.05 Å². The minimum absolute atomic E-state index is 0.0459. The van der Waals surface area contributed by atoms with Crippen molar-refractivity contribution in [1.29, 1.82) is 0 Å². The Balaban J connectivity index is 2.83. The lowest BCUT2D eigenvalue weighted by molar-refractivity contribution is 0.112. The Morgan fingerprint density at radius 2 is 1.83 bits per heavy atom. The highest BCUT2D eigenvalue weighted by Gasteiger charge is 2.15. The van der Waals surface area contributed by atoms with Crippen LogP contribution >= 0.6 is 0 Å². The van der Waals surface area contributed by atoms with E-state index in [1.54, 1.807) is 13.1 Å². The van der Waals surface area contributed by atoms with Crippen LogP contribution in [-0.4, -0.2) is 10.9 Å². The maximum atomic E-state index is 11.8.